The van der Waals surface area contributed by atoms with Crippen LogP contribution in [0, 0.1) is 0 Å². The number of nitrogens with one attached hydrogen (secondary N) is 1. The summed E-state index contributed by atoms with van der Waals surface area (Å²) in [7, 11) is 0. The van der Waals surface area contributed by atoms with Gasteiger partial charge in [-0.15, -0.1) is 0 Å². The van der Waals surface area contributed by atoms with Gasteiger partial charge in [-0.1, -0.05) is 31.2 Å². The van der Waals surface area contributed by atoms with Crippen molar-refractivity contribution < 1.29 is 14.8 Å². The molecular weight excluding hydrogens is 232 g/mol. The smallest absolute Gasteiger partial charge is 0.266 e. The third kappa shape index (κ3) is 2.22. The Kier molecular flexibility index (Phi) is 3.62. The highest BCUT2D eigenvalue weighted by molar-refractivity contribution is 5.87. The van der Waals surface area contributed by atoms with Crippen LogP contribution in [0.2, 0.25) is 0 Å². The monoisotopic (exact) mass is 248 g/mol. The first-order chi connectivity index (χ1) is 8.67. The molecule has 0 aromatic heterocycles. The Balaban J connectivity index is 2.33. The fraction of sp³-hybridized carbons (Fsp3) is 0.385. The van der Waals surface area contributed by atoms with Crippen molar-refractivity contribution in [2.45, 2.75) is 32.4 Å². The lowest BCUT2D eigenvalue weighted by atomic mass is 9.93. The Labute approximate surface area is 105 Å². The van der Waals surface area contributed by atoms with Gasteiger partial charge in [0.2, 0.25) is 5.91 Å². The highest BCUT2D eigenvalue weighted by Crippen LogP contribution is 2.23. The van der Waals surface area contributed by atoms with Crippen LogP contribution in [-0.4, -0.2) is 28.0 Å². The molecular formula is C13H16N2O3. The summed E-state index contributed by atoms with van der Waals surface area (Å²) in [5, 5.41) is 8.77. The number of amides is 2. The number of fused-ring (bicyclic) bond motifs is 1. The second-order valence-electron chi connectivity index (χ2n) is 4.34. The van der Waals surface area contributed by atoms with Gasteiger partial charge in [0.05, 0.1) is 0 Å². The molecule has 0 radical (unpaired) electrons. The molecule has 1 unspecified atom stereocenters. The minimum atomic E-state index is -0.627. The van der Waals surface area contributed by atoms with Crippen LogP contribution in [0.1, 0.15) is 24.5 Å². The van der Waals surface area contributed by atoms with Crippen molar-refractivity contribution in [2.75, 3.05) is 0 Å². The van der Waals surface area contributed by atoms with E-state index < -0.39 is 11.9 Å². The molecule has 0 fully saturated rings. The Morgan fingerprint density at radius 1 is 1.39 bits per heavy atom. The second-order valence-corrected chi connectivity index (χ2v) is 4.34. The van der Waals surface area contributed by atoms with Crippen molar-refractivity contribution in [1.82, 2.24) is 10.4 Å². The van der Waals surface area contributed by atoms with Crippen LogP contribution >= 0.6 is 0 Å². The predicted molar refractivity (Wildman–Crippen MR) is 64.7 cm³/mol. The predicted octanol–water partition coefficient (Wildman–Crippen LogP) is 0.855. The van der Waals surface area contributed by atoms with Gasteiger partial charge < -0.3 is 4.90 Å². The normalized spacial score (nSPS) is 18.1. The lowest BCUT2D eigenvalue weighted by Gasteiger charge is -2.35. The quantitative estimate of drug-likeness (QED) is 0.602. The minimum Gasteiger partial charge on any atom is -0.326 e. The third-order valence-electron chi connectivity index (χ3n) is 3.28. The molecule has 0 saturated carbocycles. The molecule has 1 heterocycles. The van der Waals surface area contributed by atoms with E-state index in [0.29, 0.717) is 19.4 Å². The minimum absolute atomic E-state index is 0.0851. The fourth-order valence-corrected chi connectivity index (χ4v) is 2.30. The molecule has 2 N–H and O–H groups in total. The number of carbonyl (C=O) groups is 2. The zero-order valence-electron chi connectivity index (χ0n) is 10.2. The first-order valence-corrected chi connectivity index (χ1v) is 5.97. The van der Waals surface area contributed by atoms with Crippen LogP contribution in [0.5, 0.6) is 0 Å². The van der Waals surface area contributed by atoms with Gasteiger partial charge in [-0.05, 0) is 11.1 Å². The summed E-state index contributed by atoms with van der Waals surface area (Å²) in [6.45, 7) is 2.18. The zero-order valence-corrected chi connectivity index (χ0v) is 10.2. The summed E-state index contributed by atoms with van der Waals surface area (Å²) < 4.78 is 0. The topological polar surface area (TPSA) is 69.6 Å². The van der Waals surface area contributed by atoms with Gasteiger partial charge in [0.1, 0.15) is 6.04 Å². The highest BCUT2D eigenvalue weighted by atomic mass is 16.5. The number of rotatable bonds is 2. The van der Waals surface area contributed by atoms with Crippen LogP contribution in [0.25, 0.3) is 0 Å². The number of hydrogen-bond acceptors (Lipinski definition) is 3. The van der Waals surface area contributed by atoms with E-state index in [-0.39, 0.29) is 5.91 Å². The highest BCUT2D eigenvalue weighted by Gasteiger charge is 2.33. The van der Waals surface area contributed by atoms with Crippen molar-refractivity contribution in [3.8, 4) is 0 Å². The van der Waals surface area contributed by atoms with E-state index in [2.05, 4.69) is 0 Å². The number of carbonyl (C=O) groups excluding carboxylic acids is 2. The lowest BCUT2D eigenvalue weighted by Crippen LogP contribution is -2.51. The van der Waals surface area contributed by atoms with E-state index in [0.717, 1.165) is 11.1 Å². The molecule has 5 nitrogen and oxygen atoms in total. The van der Waals surface area contributed by atoms with E-state index in [9.17, 15) is 9.59 Å². The molecule has 5 heteroatoms. The molecule has 18 heavy (non-hydrogen) atoms. The largest absolute Gasteiger partial charge is 0.326 e. The summed E-state index contributed by atoms with van der Waals surface area (Å²) in [4.78, 5) is 25.0. The molecule has 0 spiro atoms. The molecule has 96 valence electrons. The summed E-state index contributed by atoms with van der Waals surface area (Å²) in [5.74, 6) is -0.621. The standard InChI is InChI=1S/C13H16N2O3/c1-2-12(16)15-8-10-6-4-3-5-9(10)7-11(15)13(17)14-18/h3-6,11,18H,2,7-8H2,1H3,(H,14,17). The van der Waals surface area contributed by atoms with Crippen molar-refractivity contribution in [3.63, 3.8) is 0 Å². The number of benzene rings is 1. The molecule has 1 aliphatic rings. The van der Waals surface area contributed by atoms with Crippen LogP contribution < -0.4 is 5.48 Å². The maximum atomic E-state index is 11.9. The lowest BCUT2D eigenvalue weighted by molar-refractivity contribution is -0.145. The second kappa shape index (κ2) is 5.18. The fourth-order valence-electron chi connectivity index (χ4n) is 2.30. The maximum absolute atomic E-state index is 11.9. The molecule has 1 atom stereocenters. The van der Waals surface area contributed by atoms with Crippen LogP contribution in [0.15, 0.2) is 24.3 Å². The number of hydroxylamine groups is 1. The summed E-state index contributed by atoms with van der Waals surface area (Å²) in [5.41, 5.74) is 3.75. The molecule has 0 saturated heterocycles. The number of hydrogen-bond donors (Lipinski definition) is 2. The van der Waals surface area contributed by atoms with Gasteiger partial charge in [0, 0.05) is 19.4 Å². The van der Waals surface area contributed by atoms with Gasteiger partial charge in [0.25, 0.3) is 5.91 Å². The number of nitrogens with zero attached hydrogens (tertiary/aromatic N) is 1. The van der Waals surface area contributed by atoms with Gasteiger partial charge in [-0.25, -0.2) is 5.48 Å². The molecule has 0 bridgehead atoms. The van der Waals surface area contributed by atoms with E-state index in [1.165, 1.54) is 4.90 Å². The Morgan fingerprint density at radius 2 is 2.06 bits per heavy atom. The third-order valence-corrected chi connectivity index (χ3v) is 3.28. The van der Waals surface area contributed by atoms with Gasteiger partial charge in [-0.2, -0.15) is 0 Å². The van der Waals surface area contributed by atoms with Crippen LogP contribution in [0.4, 0.5) is 0 Å². The van der Waals surface area contributed by atoms with Crippen molar-refractivity contribution in [2.24, 2.45) is 0 Å². The summed E-state index contributed by atoms with van der Waals surface area (Å²) in [6.07, 6.45) is 0.783. The molecule has 0 aliphatic carbocycles. The Bertz CT molecular complexity index is 430. The van der Waals surface area contributed by atoms with E-state index in [1.807, 2.05) is 24.3 Å². The Morgan fingerprint density at radius 3 is 2.67 bits per heavy atom. The first-order valence-electron chi connectivity index (χ1n) is 5.97. The van der Waals surface area contributed by atoms with Crippen LogP contribution in [0.3, 0.4) is 0 Å². The average molecular weight is 248 g/mol. The molecule has 2 rings (SSSR count). The molecule has 2 amide bonds. The van der Waals surface area contributed by atoms with E-state index in [1.54, 1.807) is 12.4 Å². The van der Waals surface area contributed by atoms with Crippen molar-refractivity contribution in [1.29, 1.82) is 0 Å². The molecule has 1 aliphatic heterocycles. The van der Waals surface area contributed by atoms with Crippen LogP contribution in [-0.2, 0) is 22.6 Å². The summed E-state index contributed by atoms with van der Waals surface area (Å²) >= 11 is 0. The van der Waals surface area contributed by atoms with Crippen molar-refractivity contribution in [3.05, 3.63) is 35.4 Å². The SMILES string of the molecule is CCC(=O)N1Cc2ccccc2CC1C(=O)NO. The first kappa shape index (κ1) is 12.6. The van der Waals surface area contributed by atoms with Crippen molar-refractivity contribution >= 4 is 11.8 Å². The van der Waals surface area contributed by atoms with Gasteiger partial charge in [-0.3, -0.25) is 14.8 Å². The summed E-state index contributed by atoms with van der Waals surface area (Å²) in [6, 6.07) is 7.10. The molecule has 1 aromatic carbocycles. The Hall–Kier alpha value is -1.88. The van der Waals surface area contributed by atoms with E-state index in [4.69, 9.17) is 5.21 Å². The molecule has 1 aromatic rings. The van der Waals surface area contributed by atoms with E-state index >= 15 is 0 Å². The average Bonchev–Trinajstić information content (AvgIpc) is 2.44. The van der Waals surface area contributed by atoms with Gasteiger partial charge in [0.15, 0.2) is 0 Å². The zero-order chi connectivity index (χ0) is 13.1. The van der Waals surface area contributed by atoms with Gasteiger partial charge >= 0.3 is 0 Å². The maximum Gasteiger partial charge on any atom is 0.266 e.